The Labute approximate surface area is 155 Å². The Bertz CT molecular complexity index is 1160. The molecule has 0 aromatic heterocycles. The van der Waals surface area contributed by atoms with Gasteiger partial charge in [-0.25, -0.2) is 0 Å². The van der Waals surface area contributed by atoms with Gasteiger partial charge in [-0.1, -0.05) is 91.0 Å². The lowest BCUT2D eigenvalue weighted by Gasteiger charge is -2.15. The minimum absolute atomic E-state index is 1.15. The van der Waals surface area contributed by atoms with E-state index in [2.05, 4.69) is 87.7 Å². The molecule has 0 saturated heterocycles. The van der Waals surface area contributed by atoms with Crippen LogP contribution in [0.5, 0.6) is 0 Å². The minimum Gasteiger partial charge on any atom is -0.0984 e. The molecule has 0 saturated carbocycles. The largest absolute Gasteiger partial charge is 0.0984 e. The number of aryl methyl sites for hydroxylation is 2. The Hall–Kier alpha value is -3.12. The van der Waals surface area contributed by atoms with Gasteiger partial charge in [0.05, 0.1) is 0 Å². The SMILES string of the molecule is C=Cc1c(C=C)c2cc(-c3ccc(C)cc3)ccc2c2ccc(C)cc12. The fourth-order valence-corrected chi connectivity index (χ4v) is 3.77. The summed E-state index contributed by atoms with van der Waals surface area (Å²) in [5.74, 6) is 0. The van der Waals surface area contributed by atoms with Gasteiger partial charge in [0.1, 0.15) is 0 Å². The molecule has 4 aromatic carbocycles. The molecule has 0 aliphatic rings. The van der Waals surface area contributed by atoms with E-state index in [4.69, 9.17) is 0 Å². The highest BCUT2D eigenvalue weighted by molar-refractivity contribution is 6.15. The van der Waals surface area contributed by atoms with E-state index in [-0.39, 0.29) is 0 Å². The number of hydrogen-bond acceptors (Lipinski definition) is 0. The number of hydrogen-bond donors (Lipinski definition) is 0. The maximum absolute atomic E-state index is 4.09. The maximum atomic E-state index is 4.09. The first kappa shape index (κ1) is 16.4. The van der Waals surface area contributed by atoms with Gasteiger partial charge in [0.2, 0.25) is 0 Å². The molecule has 4 aromatic rings. The molecule has 0 nitrogen and oxygen atoms in total. The molecule has 0 heterocycles. The van der Waals surface area contributed by atoms with Crippen molar-refractivity contribution in [3.05, 3.63) is 96.1 Å². The zero-order chi connectivity index (χ0) is 18.3. The average molecular weight is 334 g/mol. The van der Waals surface area contributed by atoms with Crippen molar-refractivity contribution in [3.8, 4) is 11.1 Å². The summed E-state index contributed by atoms with van der Waals surface area (Å²) in [6, 6.07) is 22.1. The van der Waals surface area contributed by atoms with Gasteiger partial charge in [0.25, 0.3) is 0 Å². The fraction of sp³-hybridized carbons (Fsp3) is 0.0769. The zero-order valence-electron chi connectivity index (χ0n) is 15.3. The van der Waals surface area contributed by atoms with E-state index >= 15 is 0 Å². The van der Waals surface area contributed by atoms with Crippen molar-refractivity contribution in [1.29, 1.82) is 0 Å². The van der Waals surface area contributed by atoms with Crippen molar-refractivity contribution in [1.82, 2.24) is 0 Å². The summed E-state index contributed by atoms with van der Waals surface area (Å²) in [5, 5.41) is 4.99. The van der Waals surface area contributed by atoms with Gasteiger partial charge in [0, 0.05) is 0 Å². The fourth-order valence-electron chi connectivity index (χ4n) is 3.77. The highest BCUT2D eigenvalue weighted by atomic mass is 14.2. The molecule has 0 aliphatic heterocycles. The summed E-state index contributed by atoms with van der Waals surface area (Å²) in [4.78, 5) is 0. The first-order valence-corrected chi connectivity index (χ1v) is 8.94. The van der Waals surface area contributed by atoms with Gasteiger partial charge >= 0.3 is 0 Å². The van der Waals surface area contributed by atoms with Gasteiger partial charge in [-0.05, 0) is 63.7 Å². The van der Waals surface area contributed by atoms with E-state index < -0.39 is 0 Å². The van der Waals surface area contributed by atoms with Gasteiger partial charge in [-0.15, -0.1) is 0 Å². The number of fused-ring (bicyclic) bond motifs is 3. The van der Waals surface area contributed by atoms with E-state index in [0.29, 0.717) is 0 Å². The molecule has 0 unspecified atom stereocenters. The monoisotopic (exact) mass is 334 g/mol. The minimum atomic E-state index is 1.15. The second kappa shape index (κ2) is 6.31. The molecule has 0 aliphatic carbocycles. The van der Waals surface area contributed by atoms with Crippen LogP contribution in [0.3, 0.4) is 0 Å². The van der Waals surface area contributed by atoms with Crippen molar-refractivity contribution in [3.63, 3.8) is 0 Å². The van der Waals surface area contributed by atoms with E-state index in [9.17, 15) is 0 Å². The molecule has 0 spiro atoms. The Morgan fingerprint density at radius 2 is 1.04 bits per heavy atom. The second-order valence-corrected chi connectivity index (χ2v) is 6.91. The quantitative estimate of drug-likeness (QED) is 0.339. The van der Waals surface area contributed by atoms with Crippen LogP contribution in [0.25, 0.3) is 44.8 Å². The third-order valence-electron chi connectivity index (χ3n) is 5.15. The van der Waals surface area contributed by atoms with Crippen molar-refractivity contribution >= 4 is 33.7 Å². The Morgan fingerprint density at radius 3 is 1.65 bits per heavy atom. The van der Waals surface area contributed by atoms with Crippen molar-refractivity contribution in [2.75, 3.05) is 0 Å². The smallest absolute Gasteiger partial charge is 0.00930 e. The van der Waals surface area contributed by atoms with Crippen LogP contribution in [0.4, 0.5) is 0 Å². The van der Waals surface area contributed by atoms with Gasteiger partial charge in [-0.3, -0.25) is 0 Å². The second-order valence-electron chi connectivity index (χ2n) is 6.91. The Kier molecular flexibility index (Phi) is 3.97. The zero-order valence-corrected chi connectivity index (χ0v) is 15.3. The van der Waals surface area contributed by atoms with E-state index in [1.165, 1.54) is 43.8 Å². The van der Waals surface area contributed by atoms with Crippen LogP contribution in [0.1, 0.15) is 22.3 Å². The Morgan fingerprint density at radius 1 is 0.538 bits per heavy atom. The molecule has 0 heteroatoms. The molecule has 0 bridgehead atoms. The maximum Gasteiger partial charge on any atom is -0.00930 e. The van der Waals surface area contributed by atoms with E-state index in [1.807, 2.05) is 12.2 Å². The molecular formula is C26H22. The summed E-state index contributed by atoms with van der Waals surface area (Å²) in [5.41, 5.74) is 7.30. The highest BCUT2D eigenvalue weighted by Gasteiger charge is 2.12. The molecule has 4 rings (SSSR count). The predicted molar refractivity (Wildman–Crippen MR) is 117 cm³/mol. The summed E-state index contributed by atoms with van der Waals surface area (Å²) >= 11 is 0. The Balaban J connectivity index is 2.11. The van der Waals surface area contributed by atoms with Crippen LogP contribution < -0.4 is 0 Å². The van der Waals surface area contributed by atoms with Crippen LogP contribution >= 0.6 is 0 Å². The summed E-state index contributed by atoms with van der Waals surface area (Å²) in [6.07, 6.45) is 3.91. The summed E-state index contributed by atoms with van der Waals surface area (Å²) in [6.45, 7) is 12.4. The van der Waals surface area contributed by atoms with Crippen LogP contribution in [0.2, 0.25) is 0 Å². The third-order valence-corrected chi connectivity index (χ3v) is 5.15. The normalized spacial score (nSPS) is 11.0. The topological polar surface area (TPSA) is 0 Å². The summed E-state index contributed by atoms with van der Waals surface area (Å²) < 4.78 is 0. The predicted octanol–water partition coefficient (Wildman–Crippen LogP) is 7.56. The third kappa shape index (κ3) is 2.55. The first-order chi connectivity index (χ1) is 12.6. The standard InChI is InChI=1S/C26H22/c1-5-21-22(6-2)26-16-20(19-10-7-17(3)8-11-19)12-14-24(26)23-13-9-18(4)15-25(21)23/h5-16H,1-2H2,3-4H3. The van der Waals surface area contributed by atoms with Crippen molar-refractivity contribution in [2.24, 2.45) is 0 Å². The highest BCUT2D eigenvalue weighted by Crippen LogP contribution is 2.37. The van der Waals surface area contributed by atoms with Gasteiger partial charge < -0.3 is 0 Å². The molecule has 0 amide bonds. The molecular weight excluding hydrogens is 312 g/mol. The molecule has 126 valence electrons. The van der Waals surface area contributed by atoms with Crippen LogP contribution in [-0.2, 0) is 0 Å². The van der Waals surface area contributed by atoms with Crippen LogP contribution in [0.15, 0.2) is 73.8 Å². The van der Waals surface area contributed by atoms with Crippen molar-refractivity contribution in [2.45, 2.75) is 13.8 Å². The van der Waals surface area contributed by atoms with Gasteiger partial charge in [0.15, 0.2) is 0 Å². The lowest BCUT2D eigenvalue weighted by atomic mass is 9.89. The molecule has 0 atom stereocenters. The van der Waals surface area contributed by atoms with Crippen LogP contribution in [-0.4, -0.2) is 0 Å². The molecule has 26 heavy (non-hydrogen) atoms. The molecule has 0 radical (unpaired) electrons. The average Bonchev–Trinajstić information content (AvgIpc) is 2.66. The first-order valence-electron chi connectivity index (χ1n) is 8.94. The number of rotatable bonds is 3. The van der Waals surface area contributed by atoms with Crippen LogP contribution in [0, 0.1) is 13.8 Å². The summed E-state index contributed by atoms with van der Waals surface area (Å²) in [7, 11) is 0. The number of benzene rings is 4. The molecule has 0 N–H and O–H groups in total. The van der Waals surface area contributed by atoms with Gasteiger partial charge in [-0.2, -0.15) is 0 Å². The van der Waals surface area contributed by atoms with E-state index in [1.54, 1.807) is 0 Å². The lowest BCUT2D eigenvalue weighted by molar-refractivity contribution is 1.47. The molecule has 0 fully saturated rings. The van der Waals surface area contributed by atoms with Crippen molar-refractivity contribution < 1.29 is 0 Å². The van der Waals surface area contributed by atoms with E-state index in [0.717, 1.165) is 11.1 Å². The lowest BCUT2D eigenvalue weighted by Crippen LogP contribution is -1.90.